The van der Waals surface area contributed by atoms with Gasteiger partial charge in [-0.3, -0.25) is 9.29 Å². The van der Waals surface area contributed by atoms with E-state index < -0.39 is 0 Å². The second kappa shape index (κ2) is 6.72. The van der Waals surface area contributed by atoms with Crippen LogP contribution in [0, 0.1) is 0 Å². The van der Waals surface area contributed by atoms with E-state index in [2.05, 4.69) is 14.9 Å². The Hall–Kier alpha value is -2.61. The fourth-order valence-corrected chi connectivity index (χ4v) is 3.28. The minimum absolute atomic E-state index is 0.576. The number of nitrogens with one attached hydrogen (secondary N) is 1. The molecule has 25 heavy (non-hydrogen) atoms. The summed E-state index contributed by atoms with van der Waals surface area (Å²) in [5.41, 5.74) is 0.725. The van der Waals surface area contributed by atoms with Crippen molar-refractivity contribution in [1.29, 1.82) is 0 Å². The third kappa shape index (κ3) is 3.05. The van der Waals surface area contributed by atoms with Crippen LogP contribution in [0.2, 0.25) is 0 Å². The molecule has 0 saturated heterocycles. The van der Waals surface area contributed by atoms with Crippen molar-refractivity contribution in [3.63, 3.8) is 0 Å². The minimum Gasteiger partial charge on any atom is -0.494 e. The van der Waals surface area contributed by atoms with E-state index in [4.69, 9.17) is 13.9 Å². The molecule has 2 heterocycles. The summed E-state index contributed by atoms with van der Waals surface area (Å²) in [7, 11) is 3.25. The van der Waals surface area contributed by atoms with Crippen molar-refractivity contribution in [2.45, 2.75) is 18.1 Å². The Balaban J connectivity index is 1.87. The van der Waals surface area contributed by atoms with Gasteiger partial charge in [-0.1, -0.05) is 6.07 Å². The predicted molar refractivity (Wildman–Crippen MR) is 96.4 cm³/mol. The summed E-state index contributed by atoms with van der Waals surface area (Å²) < 4.78 is 21.8. The lowest BCUT2D eigenvalue weighted by Crippen LogP contribution is -2.06. The number of hydrogen-bond acceptors (Lipinski definition) is 7. The van der Waals surface area contributed by atoms with Gasteiger partial charge < -0.3 is 13.9 Å². The fourth-order valence-electron chi connectivity index (χ4n) is 2.50. The molecule has 1 aromatic carbocycles. The molecule has 1 aliphatic carbocycles. The summed E-state index contributed by atoms with van der Waals surface area (Å²) >= 11 is 1.66. The number of benzene rings is 1. The van der Waals surface area contributed by atoms with Crippen molar-refractivity contribution in [2.75, 3.05) is 18.9 Å². The van der Waals surface area contributed by atoms with Crippen molar-refractivity contribution >= 4 is 17.9 Å². The Kier molecular flexibility index (Phi) is 4.27. The standard InChI is InChI=1S/C17H18N4O3S/c1-22-12-5-3-6-13(23-2)15(12)21-16(14-7-4-10-24-14)18-19-17(21)20-25-11-8-9-11/h3-7,10-11H,8-9H2,1-2H3,(H,19,20). The summed E-state index contributed by atoms with van der Waals surface area (Å²) in [5.74, 6) is 3.11. The Morgan fingerprint density at radius 1 is 1.12 bits per heavy atom. The van der Waals surface area contributed by atoms with Gasteiger partial charge in [0, 0.05) is 5.25 Å². The molecule has 0 amide bonds. The molecule has 1 saturated carbocycles. The first-order chi connectivity index (χ1) is 12.3. The Morgan fingerprint density at radius 3 is 2.48 bits per heavy atom. The van der Waals surface area contributed by atoms with Crippen LogP contribution >= 0.6 is 11.9 Å². The molecule has 1 N–H and O–H groups in total. The van der Waals surface area contributed by atoms with E-state index in [0.717, 1.165) is 5.69 Å². The Morgan fingerprint density at radius 2 is 1.88 bits per heavy atom. The number of ether oxygens (including phenoxy) is 2. The second-order valence-electron chi connectivity index (χ2n) is 5.59. The maximum absolute atomic E-state index is 5.56. The van der Waals surface area contributed by atoms with Gasteiger partial charge in [-0.25, -0.2) is 0 Å². The molecule has 8 heteroatoms. The molecule has 0 spiro atoms. The number of nitrogens with zero attached hydrogens (tertiary/aromatic N) is 3. The van der Waals surface area contributed by atoms with Gasteiger partial charge in [-0.15, -0.1) is 10.2 Å². The van der Waals surface area contributed by atoms with Gasteiger partial charge in [0.1, 0.15) is 17.2 Å². The van der Waals surface area contributed by atoms with Crippen LogP contribution in [0.15, 0.2) is 41.0 Å². The molecule has 2 aromatic heterocycles. The molecule has 0 unspecified atom stereocenters. The van der Waals surface area contributed by atoms with E-state index in [0.29, 0.717) is 34.3 Å². The minimum atomic E-state index is 0.576. The van der Waals surface area contributed by atoms with Gasteiger partial charge in [0.05, 0.1) is 20.5 Å². The zero-order chi connectivity index (χ0) is 17.2. The van der Waals surface area contributed by atoms with Crippen molar-refractivity contribution in [1.82, 2.24) is 14.8 Å². The average molecular weight is 358 g/mol. The lowest BCUT2D eigenvalue weighted by Gasteiger charge is -2.16. The van der Waals surface area contributed by atoms with Crippen LogP contribution in [0.5, 0.6) is 11.5 Å². The number of methoxy groups -OCH3 is 2. The van der Waals surface area contributed by atoms with E-state index in [1.807, 2.05) is 34.9 Å². The molecule has 0 atom stereocenters. The molecule has 4 rings (SSSR count). The predicted octanol–water partition coefficient (Wildman–Crippen LogP) is 3.77. The third-order valence-electron chi connectivity index (χ3n) is 3.87. The lowest BCUT2D eigenvalue weighted by atomic mass is 10.2. The van der Waals surface area contributed by atoms with Crippen LogP contribution in [0.4, 0.5) is 5.95 Å². The van der Waals surface area contributed by atoms with Crippen molar-refractivity contribution in [2.24, 2.45) is 0 Å². The van der Waals surface area contributed by atoms with Crippen LogP contribution in [0.3, 0.4) is 0 Å². The lowest BCUT2D eigenvalue weighted by molar-refractivity contribution is 0.391. The smallest absolute Gasteiger partial charge is 0.239 e. The van der Waals surface area contributed by atoms with Crippen molar-refractivity contribution < 1.29 is 13.9 Å². The van der Waals surface area contributed by atoms with Gasteiger partial charge >= 0.3 is 0 Å². The van der Waals surface area contributed by atoms with Gasteiger partial charge in [0.15, 0.2) is 5.76 Å². The first-order valence-electron chi connectivity index (χ1n) is 7.94. The molecular formula is C17H18N4O3S. The Bertz CT molecular complexity index is 837. The maximum atomic E-state index is 5.56. The van der Waals surface area contributed by atoms with E-state index in [9.17, 15) is 0 Å². The maximum Gasteiger partial charge on any atom is 0.239 e. The number of aromatic nitrogens is 3. The molecular weight excluding hydrogens is 340 g/mol. The fraction of sp³-hybridized carbons (Fsp3) is 0.294. The van der Waals surface area contributed by atoms with E-state index >= 15 is 0 Å². The first-order valence-corrected chi connectivity index (χ1v) is 8.82. The summed E-state index contributed by atoms with van der Waals surface area (Å²) in [6.45, 7) is 0. The zero-order valence-electron chi connectivity index (χ0n) is 13.9. The van der Waals surface area contributed by atoms with Gasteiger partial charge in [0.2, 0.25) is 11.8 Å². The Labute approximate surface area is 149 Å². The van der Waals surface area contributed by atoms with E-state index in [1.165, 1.54) is 12.8 Å². The number of para-hydroxylation sites is 1. The number of rotatable bonds is 7. The molecule has 0 radical (unpaired) electrons. The summed E-state index contributed by atoms with van der Waals surface area (Å²) in [5, 5.41) is 9.25. The molecule has 3 aromatic rings. The molecule has 7 nitrogen and oxygen atoms in total. The van der Waals surface area contributed by atoms with Crippen LogP contribution < -0.4 is 14.2 Å². The highest BCUT2D eigenvalue weighted by molar-refractivity contribution is 8.01. The topological polar surface area (TPSA) is 74.3 Å². The van der Waals surface area contributed by atoms with E-state index in [-0.39, 0.29) is 0 Å². The van der Waals surface area contributed by atoms with Crippen molar-refractivity contribution in [3.8, 4) is 28.8 Å². The summed E-state index contributed by atoms with van der Waals surface area (Å²) in [6, 6.07) is 9.30. The van der Waals surface area contributed by atoms with Gasteiger partial charge in [-0.2, -0.15) is 0 Å². The SMILES string of the molecule is COc1cccc(OC)c1-n1c(NSC2CC2)nnc1-c1ccco1. The summed E-state index contributed by atoms with van der Waals surface area (Å²) in [4.78, 5) is 0. The number of furan rings is 1. The molecule has 0 bridgehead atoms. The molecule has 1 aliphatic rings. The zero-order valence-corrected chi connectivity index (χ0v) is 14.7. The first kappa shape index (κ1) is 15.9. The van der Waals surface area contributed by atoms with Crippen molar-refractivity contribution in [3.05, 3.63) is 36.6 Å². The van der Waals surface area contributed by atoms with Crippen LogP contribution in [0.1, 0.15) is 12.8 Å². The highest BCUT2D eigenvalue weighted by Gasteiger charge is 2.26. The van der Waals surface area contributed by atoms with Gasteiger partial charge in [0.25, 0.3) is 0 Å². The summed E-state index contributed by atoms with van der Waals surface area (Å²) in [6.07, 6.45) is 4.05. The normalized spacial score (nSPS) is 13.7. The third-order valence-corrected chi connectivity index (χ3v) is 4.98. The highest BCUT2D eigenvalue weighted by atomic mass is 32.2. The monoisotopic (exact) mass is 358 g/mol. The molecule has 1 fully saturated rings. The van der Waals surface area contributed by atoms with E-state index in [1.54, 1.807) is 32.4 Å². The largest absolute Gasteiger partial charge is 0.494 e. The van der Waals surface area contributed by atoms with Crippen LogP contribution in [-0.2, 0) is 0 Å². The number of anilines is 1. The highest BCUT2D eigenvalue weighted by Crippen LogP contribution is 2.39. The second-order valence-corrected chi connectivity index (χ2v) is 6.70. The molecule has 0 aliphatic heterocycles. The average Bonchev–Trinajstić information content (AvgIpc) is 3.15. The molecule has 130 valence electrons. The van der Waals surface area contributed by atoms with Crippen LogP contribution in [-0.4, -0.2) is 34.2 Å². The van der Waals surface area contributed by atoms with Gasteiger partial charge in [-0.05, 0) is 49.1 Å². The van der Waals surface area contributed by atoms with Crippen LogP contribution in [0.25, 0.3) is 17.3 Å². The quantitative estimate of drug-likeness (QED) is 0.644. The number of hydrogen-bond donors (Lipinski definition) is 1.